The molecule has 0 radical (unpaired) electrons. The van der Waals surface area contributed by atoms with Crippen LogP contribution in [0.5, 0.6) is 0 Å². The fourth-order valence-corrected chi connectivity index (χ4v) is 3.24. The Morgan fingerprint density at radius 3 is 3.06 bits per heavy atom. The molecule has 1 aromatic rings. The van der Waals surface area contributed by atoms with Crippen LogP contribution in [0.2, 0.25) is 0 Å². The summed E-state index contributed by atoms with van der Waals surface area (Å²) in [5, 5.41) is 3.84. The molecule has 2 aliphatic rings. The first-order valence-corrected chi connectivity index (χ1v) is 7.19. The average molecular weight is 245 g/mol. The van der Waals surface area contributed by atoms with Crippen molar-refractivity contribution >= 4 is 0 Å². The van der Waals surface area contributed by atoms with Gasteiger partial charge >= 0.3 is 0 Å². The summed E-state index contributed by atoms with van der Waals surface area (Å²) in [5.41, 5.74) is 3.04. The van der Waals surface area contributed by atoms with E-state index in [2.05, 4.69) is 43.4 Å². The molecule has 1 saturated heterocycles. The summed E-state index contributed by atoms with van der Waals surface area (Å²) < 4.78 is 6.23. The predicted molar refractivity (Wildman–Crippen MR) is 73.7 cm³/mol. The van der Waals surface area contributed by atoms with Crippen molar-refractivity contribution in [3.63, 3.8) is 0 Å². The van der Waals surface area contributed by atoms with Crippen LogP contribution in [0.4, 0.5) is 0 Å². The lowest BCUT2D eigenvalue weighted by molar-refractivity contribution is -0.0616. The highest BCUT2D eigenvalue weighted by molar-refractivity contribution is 5.32. The van der Waals surface area contributed by atoms with E-state index in [9.17, 15) is 0 Å². The summed E-state index contributed by atoms with van der Waals surface area (Å²) in [7, 11) is 0. The Balaban J connectivity index is 1.90. The molecule has 98 valence electrons. The van der Waals surface area contributed by atoms with Gasteiger partial charge in [-0.15, -0.1) is 0 Å². The molecule has 1 aliphatic heterocycles. The summed E-state index contributed by atoms with van der Waals surface area (Å²) in [6.45, 7) is 5.33. The predicted octanol–water partition coefficient (Wildman–Crippen LogP) is 3.22. The van der Waals surface area contributed by atoms with Gasteiger partial charge in [0.15, 0.2) is 0 Å². The van der Waals surface area contributed by atoms with Crippen molar-refractivity contribution in [2.75, 3.05) is 6.61 Å². The lowest BCUT2D eigenvalue weighted by Crippen LogP contribution is -2.57. The molecule has 1 aromatic carbocycles. The van der Waals surface area contributed by atoms with Crippen LogP contribution in [0.15, 0.2) is 24.3 Å². The van der Waals surface area contributed by atoms with Crippen molar-refractivity contribution in [3.8, 4) is 0 Å². The van der Waals surface area contributed by atoms with E-state index < -0.39 is 0 Å². The van der Waals surface area contributed by atoms with Crippen LogP contribution in [-0.4, -0.2) is 18.2 Å². The molecular formula is C16H23NO. The molecule has 0 saturated carbocycles. The standard InChI is InChI=1S/C16H23NO/c1-3-16(2)11-18-15-13-9-5-4-7-12(13)8-6-10-14(15)17-16/h4-5,7,9,14-15,17H,3,6,8,10-11H2,1-2H3. The Kier molecular flexibility index (Phi) is 3.16. The Labute approximate surface area is 110 Å². The quantitative estimate of drug-likeness (QED) is 0.820. The molecule has 1 N–H and O–H groups in total. The molecular weight excluding hydrogens is 222 g/mol. The minimum Gasteiger partial charge on any atom is -0.370 e. The monoisotopic (exact) mass is 245 g/mol. The van der Waals surface area contributed by atoms with Gasteiger partial charge in [0.25, 0.3) is 0 Å². The topological polar surface area (TPSA) is 21.3 Å². The zero-order valence-corrected chi connectivity index (χ0v) is 11.4. The summed E-state index contributed by atoms with van der Waals surface area (Å²) in [6, 6.07) is 9.26. The van der Waals surface area contributed by atoms with Gasteiger partial charge in [0, 0.05) is 11.6 Å². The molecule has 18 heavy (non-hydrogen) atoms. The first kappa shape index (κ1) is 12.2. The first-order chi connectivity index (χ1) is 8.72. The Morgan fingerprint density at radius 2 is 2.22 bits per heavy atom. The van der Waals surface area contributed by atoms with Crippen LogP contribution in [-0.2, 0) is 11.2 Å². The van der Waals surface area contributed by atoms with E-state index in [-0.39, 0.29) is 11.6 Å². The molecule has 0 aromatic heterocycles. The van der Waals surface area contributed by atoms with Gasteiger partial charge in [-0.25, -0.2) is 0 Å². The second-order valence-electron chi connectivity index (χ2n) is 5.99. The molecule has 1 aliphatic carbocycles. The maximum atomic E-state index is 6.23. The zero-order valence-electron chi connectivity index (χ0n) is 11.4. The third-order valence-electron chi connectivity index (χ3n) is 4.58. The summed E-state index contributed by atoms with van der Waals surface area (Å²) in [5.74, 6) is 0. The fourth-order valence-electron chi connectivity index (χ4n) is 3.24. The van der Waals surface area contributed by atoms with Gasteiger partial charge < -0.3 is 10.1 Å². The largest absolute Gasteiger partial charge is 0.370 e. The fraction of sp³-hybridized carbons (Fsp3) is 0.625. The van der Waals surface area contributed by atoms with E-state index in [1.54, 1.807) is 0 Å². The molecule has 0 spiro atoms. The second-order valence-corrected chi connectivity index (χ2v) is 5.99. The highest BCUT2D eigenvalue weighted by Crippen LogP contribution is 2.36. The van der Waals surface area contributed by atoms with Crippen LogP contribution < -0.4 is 5.32 Å². The van der Waals surface area contributed by atoms with Gasteiger partial charge in [0.2, 0.25) is 0 Å². The van der Waals surface area contributed by atoms with Gasteiger partial charge in [0.1, 0.15) is 0 Å². The number of rotatable bonds is 1. The number of nitrogens with one attached hydrogen (secondary N) is 1. The third kappa shape index (κ3) is 2.08. The number of aryl methyl sites for hydroxylation is 1. The van der Waals surface area contributed by atoms with Gasteiger partial charge in [-0.2, -0.15) is 0 Å². The molecule has 2 nitrogen and oxygen atoms in total. The molecule has 1 heterocycles. The Morgan fingerprint density at radius 1 is 1.39 bits per heavy atom. The van der Waals surface area contributed by atoms with Crippen LogP contribution in [0.3, 0.4) is 0 Å². The van der Waals surface area contributed by atoms with Crippen molar-refractivity contribution in [2.45, 2.75) is 57.2 Å². The normalized spacial score (nSPS) is 35.4. The smallest absolute Gasteiger partial charge is 0.0981 e. The molecule has 1 fully saturated rings. The Hall–Kier alpha value is -0.860. The number of hydrogen-bond donors (Lipinski definition) is 1. The maximum absolute atomic E-state index is 6.23. The average Bonchev–Trinajstić information content (AvgIpc) is 2.57. The van der Waals surface area contributed by atoms with Crippen LogP contribution >= 0.6 is 0 Å². The molecule has 3 unspecified atom stereocenters. The van der Waals surface area contributed by atoms with Crippen LogP contribution in [0.25, 0.3) is 0 Å². The molecule has 3 atom stereocenters. The van der Waals surface area contributed by atoms with Crippen molar-refractivity contribution in [1.29, 1.82) is 0 Å². The van der Waals surface area contributed by atoms with Gasteiger partial charge in [-0.1, -0.05) is 31.2 Å². The van der Waals surface area contributed by atoms with Crippen LogP contribution in [0, 0.1) is 0 Å². The number of ether oxygens (including phenoxy) is 1. The van der Waals surface area contributed by atoms with E-state index in [0.29, 0.717) is 6.04 Å². The number of morpholine rings is 1. The summed E-state index contributed by atoms with van der Waals surface area (Å²) in [4.78, 5) is 0. The minimum atomic E-state index is 0.153. The second kappa shape index (κ2) is 4.67. The minimum absolute atomic E-state index is 0.153. The maximum Gasteiger partial charge on any atom is 0.0981 e. The Bertz CT molecular complexity index is 431. The van der Waals surface area contributed by atoms with Crippen molar-refractivity contribution in [1.82, 2.24) is 5.32 Å². The van der Waals surface area contributed by atoms with Gasteiger partial charge in [-0.3, -0.25) is 0 Å². The highest BCUT2D eigenvalue weighted by atomic mass is 16.5. The van der Waals surface area contributed by atoms with E-state index in [0.717, 1.165) is 13.0 Å². The molecule has 0 bridgehead atoms. The highest BCUT2D eigenvalue weighted by Gasteiger charge is 2.38. The van der Waals surface area contributed by atoms with E-state index in [4.69, 9.17) is 4.74 Å². The van der Waals surface area contributed by atoms with E-state index >= 15 is 0 Å². The molecule has 0 amide bonds. The number of hydrogen-bond acceptors (Lipinski definition) is 2. The van der Waals surface area contributed by atoms with Gasteiger partial charge in [0.05, 0.1) is 12.7 Å². The lowest BCUT2D eigenvalue weighted by atomic mass is 9.90. The lowest BCUT2D eigenvalue weighted by Gasteiger charge is -2.43. The first-order valence-electron chi connectivity index (χ1n) is 7.19. The van der Waals surface area contributed by atoms with Crippen molar-refractivity contribution in [2.24, 2.45) is 0 Å². The summed E-state index contributed by atoms with van der Waals surface area (Å²) >= 11 is 0. The van der Waals surface area contributed by atoms with Crippen molar-refractivity contribution < 1.29 is 4.74 Å². The number of fused-ring (bicyclic) bond motifs is 3. The third-order valence-corrected chi connectivity index (χ3v) is 4.58. The van der Waals surface area contributed by atoms with E-state index in [1.807, 2.05) is 0 Å². The molecule has 2 heteroatoms. The summed E-state index contributed by atoms with van der Waals surface area (Å²) in [6.07, 6.45) is 5.04. The number of benzene rings is 1. The van der Waals surface area contributed by atoms with Crippen molar-refractivity contribution in [3.05, 3.63) is 35.4 Å². The SMILES string of the molecule is CCC1(C)COC2c3ccccc3CCCC2N1. The van der Waals surface area contributed by atoms with Gasteiger partial charge in [-0.05, 0) is 43.7 Å². The van der Waals surface area contributed by atoms with Crippen LogP contribution in [0.1, 0.15) is 50.3 Å². The molecule has 3 rings (SSSR count). The van der Waals surface area contributed by atoms with E-state index in [1.165, 1.54) is 30.4 Å². The zero-order chi connectivity index (χ0) is 12.6.